The minimum Gasteiger partial charge on any atom is -0.467 e. The van der Waals surface area contributed by atoms with Crippen molar-refractivity contribution in [1.29, 1.82) is 0 Å². The summed E-state index contributed by atoms with van der Waals surface area (Å²) in [6.07, 6.45) is 1.73. The molecule has 0 bridgehead atoms. The fraction of sp³-hybridized carbons (Fsp3) is 0.318. The van der Waals surface area contributed by atoms with Gasteiger partial charge in [-0.25, -0.2) is 9.37 Å². The summed E-state index contributed by atoms with van der Waals surface area (Å²) < 4.78 is 18.4. The minimum absolute atomic E-state index is 0.108. The van der Waals surface area contributed by atoms with Crippen LogP contribution in [0.1, 0.15) is 36.5 Å². The van der Waals surface area contributed by atoms with Crippen molar-refractivity contribution >= 4 is 34.0 Å². The van der Waals surface area contributed by atoms with Gasteiger partial charge in [-0.05, 0) is 42.3 Å². The summed E-state index contributed by atoms with van der Waals surface area (Å²) in [6, 6.07) is 9.41. The van der Waals surface area contributed by atoms with E-state index < -0.39 is 0 Å². The molecule has 2 amide bonds. The average Bonchev–Trinajstić information content (AvgIpc) is 3.43. The van der Waals surface area contributed by atoms with Crippen LogP contribution in [0.5, 0.6) is 0 Å². The van der Waals surface area contributed by atoms with Crippen LogP contribution in [0.4, 0.5) is 15.2 Å². The Kier molecular flexibility index (Phi) is 7.77. The molecule has 0 atom stereocenters. The van der Waals surface area contributed by atoms with Gasteiger partial charge in [0.25, 0.3) is 5.91 Å². The Hall–Kier alpha value is -3.20. The van der Waals surface area contributed by atoms with Gasteiger partial charge in [-0.2, -0.15) is 0 Å². The summed E-state index contributed by atoms with van der Waals surface area (Å²) in [7, 11) is 0. The molecule has 0 fully saturated rings. The largest absolute Gasteiger partial charge is 0.467 e. The molecule has 2 N–H and O–H groups in total. The van der Waals surface area contributed by atoms with Crippen LogP contribution < -0.4 is 10.6 Å². The van der Waals surface area contributed by atoms with Gasteiger partial charge < -0.3 is 20.0 Å². The van der Waals surface area contributed by atoms with Crippen LogP contribution in [0, 0.1) is 11.7 Å². The van der Waals surface area contributed by atoms with Crippen LogP contribution in [-0.4, -0.2) is 34.8 Å². The number of anilines is 2. The van der Waals surface area contributed by atoms with Crippen molar-refractivity contribution in [1.82, 2.24) is 15.2 Å². The number of halogens is 1. The summed E-state index contributed by atoms with van der Waals surface area (Å²) in [4.78, 5) is 31.1. The molecule has 0 unspecified atom stereocenters. The third kappa shape index (κ3) is 6.92. The van der Waals surface area contributed by atoms with Crippen molar-refractivity contribution in [2.75, 3.05) is 18.4 Å². The van der Waals surface area contributed by atoms with Gasteiger partial charge in [0, 0.05) is 30.6 Å². The summed E-state index contributed by atoms with van der Waals surface area (Å²) >= 11 is 1.27. The molecule has 0 aliphatic carbocycles. The summed E-state index contributed by atoms with van der Waals surface area (Å²) in [5.41, 5.74) is 0.938. The van der Waals surface area contributed by atoms with Gasteiger partial charge in [0.15, 0.2) is 5.13 Å². The van der Waals surface area contributed by atoms with Gasteiger partial charge in [0.1, 0.15) is 17.3 Å². The predicted octanol–water partition coefficient (Wildman–Crippen LogP) is 4.42. The first-order valence-electron chi connectivity index (χ1n) is 9.97. The molecule has 3 rings (SSSR count). The van der Waals surface area contributed by atoms with E-state index in [2.05, 4.69) is 15.6 Å². The van der Waals surface area contributed by atoms with E-state index in [1.165, 1.54) is 23.5 Å². The molecule has 1 aromatic carbocycles. The third-order valence-corrected chi connectivity index (χ3v) is 5.11. The van der Waals surface area contributed by atoms with Crippen LogP contribution in [-0.2, 0) is 11.3 Å². The second kappa shape index (κ2) is 10.7. The predicted molar refractivity (Wildman–Crippen MR) is 118 cm³/mol. The van der Waals surface area contributed by atoms with Gasteiger partial charge in [0.2, 0.25) is 5.91 Å². The van der Waals surface area contributed by atoms with E-state index in [1.54, 1.807) is 40.8 Å². The molecule has 3 aromatic rings. The minimum atomic E-state index is -0.327. The topological polar surface area (TPSA) is 87.5 Å². The lowest BCUT2D eigenvalue weighted by Crippen LogP contribution is -2.35. The number of amides is 2. The Balaban J connectivity index is 1.66. The van der Waals surface area contributed by atoms with Crippen LogP contribution in [0.2, 0.25) is 0 Å². The highest BCUT2D eigenvalue weighted by molar-refractivity contribution is 7.14. The highest BCUT2D eigenvalue weighted by Gasteiger charge is 2.21. The zero-order valence-electron chi connectivity index (χ0n) is 17.4. The standard InChI is InChI=1S/C22H25FN4O3S/c1-15(2)12-24-20(28)9-10-27(13-18-4-3-11-30-18)21(29)19-14-31-22(26-19)25-17-7-5-16(23)6-8-17/h3-8,11,14-15H,9-10,12-13H2,1-2H3,(H,24,28)(H,25,26). The second-order valence-electron chi connectivity index (χ2n) is 7.42. The average molecular weight is 445 g/mol. The maximum Gasteiger partial charge on any atom is 0.273 e. The van der Waals surface area contributed by atoms with Crippen LogP contribution in [0.3, 0.4) is 0 Å². The number of hydrogen-bond acceptors (Lipinski definition) is 6. The normalized spacial score (nSPS) is 10.8. The fourth-order valence-corrected chi connectivity index (χ4v) is 3.44. The zero-order valence-corrected chi connectivity index (χ0v) is 18.2. The smallest absolute Gasteiger partial charge is 0.273 e. The highest BCUT2D eigenvalue weighted by atomic mass is 32.1. The number of aromatic nitrogens is 1. The number of benzene rings is 1. The van der Waals surface area contributed by atoms with Gasteiger partial charge in [-0.3, -0.25) is 9.59 Å². The van der Waals surface area contributed by atoms with Crippen molar-refractivity contribution in [2.45, 2.75) is 26.8 Å². The number of carbonyl (C=O) groups is 2. The van der Waals surface area contributed by atoms with Gasteiger partial charge >= 0.3 is 0 Å². The van der Waals surface area contributed by atoms with Crippen LogP contribution in [0.15, 0.2) is 52.5 Å². The molecule has 0 radical (unpaired) electrons. The van der Waals surface area contributed by atoms with E-state index in [0.29, 0.717) is 29.0 Å². The lowest BCUT2D eigenvalue weighted by Gasteiger charge is -2.20. The molecule has 164 valence electrons. The lowest BCUT2D eigenvalue weighted by molar-refractivity contribution is -0.121. The molecule has 0 aliphatic heterocycles. The molecule has 7 nitrogen and oxygen atoms in total. The van der Waals surface area contributed by atoms with Crippen LogP contribution >= 0.6 is 11.3 Å². The Labute approximate surface area is 184 Å². The molecule has 31 heavy (non-hydrogen) atoms. The molecule has 2 aromatic heterocycles. The van der Waals surface area contributed by atoms with Crippen molar-refractivity contribution in [3.8, 4) is 0 Å². The number of carbonyl (C=O) groups excluding carboxylic acids is 2. The Morgan fingerprint density at radius 2 is 2.00 bits per heavy atom. The van der Waals surface area contributed by atoms with E-state index in [9.17, 15) is 14.0 Å². The number of hydrogen-bond donors (Lipinski definition) is 2. The maximum atomic E-state index is 13.1. The quantitative estimate of drug-likeness (QED) is 0.483. The van der Waals surface area contributed by atoms with E-state index in [0.717, 1.165) is 0 Å². The highest BCUT2D eigenvalue weighted by Crippen LogP contribution is 2.22. The first-order valence-corrected chi connectivity index (χ1v) is 10.8. The van der Waals surface area contributed by atoms with E-state index in [-0.39, 0.29) is 42.8 Å². The molecule has 2 heterocycles. The SMILES string of the molecule is CC(C)CNC(=O)CCN(Cc1ccco1)C(=O)c1csc(Nc2ccc(F)cc2)n1. The Bertz CT molecular complexity index is 987. The molecule has 9 heteroatoms. The van der Waals surface area contributed by atoms with Crippen molar-refractivity contribution < 1.29 is 18.4 Å². The van der Waals surface area contributed by atoms with Crippen molar-refractivity contribution in [3.63, 3.8) is 0 Å². The summed E-state index contributed by atoms with van der Waals surface area (Å²) in [5, 5.41) is 8.09. The maximum absolute atomic E-state index is 13.1. The third-order valence-electron chi connectivity index (χ3n) is 4.35. The Morgan fingerprint density at radius 3 is 2.68 bits per heavy atom. The van der Waals surface area contributed by atoms with E-state index >= 15 is 0 Å². The summed E-state index contributed by atoms with van der Waals surface area (Å²) in [5.74, 6) is 0.244. The van der Waals surface area contributed by atoms with Crippen molar-refractivity contribution in [2.24, 2.45) is 5.92 Å². The molecular weight excluding hydrogens is 419 g/mol. The summed E-state index contributed by atoms with van der Waals surface area (Å²) in [6.45, 7) is 5.11. The number of rotatable bonds is 10. The fourth-order valence-electron chi connectivity index (χ4n) is 2.73. The van der Waals surface area contributed by atoms with Gasteiger partial charge in [0.05, 0.1) is 12.8 Å². The number of thiazole rings is 1. The molecular formula is C22H25FN4O3S. The molecule has 0 spiro atoms. The van der Waals surface area contributed by atoms with Gasteiger partial charge in [-0.1, -0.05) is 13.8 Å². The number of furan rings is 1. The van der Waals surface area contributed by atoms with Crippen LogP contribution in [0.25, 0.3) is 0 Å². The lowest BCUT2D eigenvalue weighted by atomic mass is 10.2. The molecule has 0 saturated heterocycles. The monoisotopic (exact) mass is 444 g/mol. The van der Waals surface area contributed by atoms with Crippen molar-refractivity contribution in [3.05, 3.63) is 65.3 Å². The zero-order chi connectivity index (χ0) is 22.2. The molecule has 0 aliphatic rings. The Morgan fingerprint density at radius 1 is 1.23 bits per heavy atom. The first-order chi connectivity index (χ1) is 14.9. The van der Waals surface area contributed by atoms with Gasteiger partial charge in [-0.15, -0.1) is 11.3 Å². The van der Waals surface area contributed by atoms with E-state index in [4.69, 9.17) is 4.42 Å². The van der Waals surface area contributed by atoms with E-state index in [1.807, 2.05) is 13.8 Å². The molecule has 0 saturated carbocycles. The number of nitrogens with one attached hydrogen (secondary N) is 2. The number of nitrogens with zero attached hydrogens (tertiary/aromatic N) is 2. The second-order valence-corrected chi connectivity index (χ2v) is 8.28. The first kappa shape index (κ1) is 22.5.